The van der Waals surface area contributed by atoms with E-state index >= 15 is 0 Å². The van der Waals surface area contributed by atoms with Crippen molar-refractivity contribution in [1.82, 2.24) is 4.90 Å². The highest BCUT2D eigenvalue weighted by Gasteiger charge is 2.42. The normalized spacial score (nSPS) is 21.0. The molecule has 0 unspecified atom stereocenters. The molecule has 2 N–H and O–H groups in total. The highest BCUT2D eigenvalue weighted by Crippen LogP contribution is 2.46. The van der Waals surface area contributed by atoms with Gasteiger partial charge < -0.3 is 14.4 Å². The molecule has 0 bridgehead atoms. The first-order chi connectivity index (χ1) is 18.2. The minimum Gasteiger partial charge on any atom is -0.483 e. The summed E-state index contributed by atoms with van der Waals surface area (Å²) in [6, 6.07) is 12.0. The van der Waals surface area contributed by atoms with Crippen LogP contribution in [0.1, 0.15) is 81.8 Å². The minimum atomic E-state index is -3.92. The van der Waals surface area contributed by atoms with Crippen LogP contribution in [0.5, 0.6) is 5.75 Å². The van der Waals surface area contributed by atoms with Crippen molar-refractivity contribution in [2.24, 2.45) is 11.1 Å². The van der Waals surface area contributed by atoms with Gasteiger partial charge in [-0.2, -0.15) is 0 Å². The third-order valence-electron chi connectivity index (χ3n) is 7.36. The molecule has 9 heteroatoms. The Morgan fingerprint density at radius 2 is 1.67 bits per heavy atom. The van der Waals surface area contributed by atoms with Crippen molar-refractivity contribution in [2.45, 2.75) is 76.4 Å². The van der Waals surface area contributed by atoms with Crippen molar-refractivity contribution in [3.05, 3.63) is 65.2 Å². The average Bonchev–Trinajstić information content (AvgIpc) is 2.87. The molecule has 1 amide bonds. The van der Waals surface area contributed by atoms with Crippen molar-refractivity contribution < 1.29 is 27.5 Å². The molecule has 4 rings (SSSR count). The molecule has 0 aromatic heterocycles. The van der Waals surface area contributed by atoms with E-state index in [4.69, 9.17) is 14.6 Å². The van der Waals surface area contributed by atoms with E-state index in [0.717, 1.165) is 11.1 Å². The zero-order valence-corrected chi connectivity index (χ0v) is 24.1. The number of amides is 1. The van der Waals surface area contributed by atoms with Gasteiger partial charge in [0.25, 0.3) is 5.91 Å². The van der Waals surface area contributed by atoms with Crippen molar-refractivity contribution >= 4 is 27.5 Å². The largest absolute Gasteiger partial charge is 0.483 e. The molecule has 0 radical (unpaired) electrons. The molecule has 8 nitrogen and oxygen atoms in total. The highest BCUT2D eigenvalue weighted by molar-refractivity contribution is 7.89. The summed E-state index contributed by atoms with van der Waals surface area (Å²) in [5.74, 6) is 0.121. The number of sulfonamides is 1. The number of carbonyl (C=O) groups excluding carboxylic acids is 2. The van der Waals surface area contributed by atoms with Crippen molar-refractivity contribution in [1.29, 1.82) is 0 Å². The van der Waals surface area contributed by atoms with E-state index in [0.29, 0.717) is 55.6 Å². The Balaban J connectivity index is 1.70. The van der Waals surface area contributed by atoms with Crippen molar-refractivity contribution in [2.75, 3.05) is 13.1 Å². The Labute approximate surface area is 231 Å². The monoisotopic (exact) mass is 554 g/mol. The van der Waals surface area contributed by atoms with Crippen LogP contribution in [0.15, 0.2) is 53.4 Å². The summed E-state index contributed by atoms with van der Waals surface area (Å²) in [6.45, 7) is 10.7. The fraction of sp³-hybridized carbons (Fsp3) is 0.467. The molecule has 2 aliphatic rings. The predicted molar refractivity (Wildman–Crippen MR) is 150 cm³/mol. The number of rotatable bonds is 6. The second kappa shape index (κ2) is 10.8. The van der Waals surface area contributed by atoms with Crippen LogP contribution in [0.25, 0.3) is 5.57 Å². The molecule has 1 aliphatic carbocycles. The maximum Gasteiger partial charge on any atom is 0.309 e. The first-order valence-electron chi connectivity index (χ1n) is 13.5. The number of benzene rings is 2. The van der Waals surface area contributed by atoms with E-state index in [2.05, 4.69) is 0 Å². The molecular formula is C30H38N2O6S. The number of hydrogen-bond donors (Lipinski definition) is 1. The number of nitrogens with two attached hydrogens (primary N) is 1. The number of carbonyl (C=O) groups is 2. The molecule has 1 heterocycles. The maximum atomic E-state index is 12.8. The lowest BCUT2D eigenvalue weighted by atomic mass is 9.75. The van der Waals surface area contributed by atoms with Crippen LogP contribution >= 0.6 is 0 Å². The standard InChI is InChI=1S/C30H38N2O6S/c1-6-32(7-2)27(33)21-10-8-20(9-11-21)25-19-30(16-14-22(15-17-30)28(34)38-29(3,4)5)37-26-13-12-23(18-24(25)26)39(31,35)36/h8-13,18-19,22H,6-7,14-17H2,1-5H3,(H2,31,35,36). The smallest absolute Gasteiger partial charge is 0.309 e. The number of fused-ring (bicyclic) bond motifs is 1. The molecule has 1 fully saturated rings. The van der Waals surface area contributed by atoms with Crippen molar-refractivity contribution in [3.8, 4) is 5.75 Å². The van der Waals surface area contributed by atoms with Crippen LogP contribution in [0.2, 0.25) is 0 Å². The number of ether oxygens (including phenoxy) is 2. The fourth-order valence-corrected chi connectivity index (χ4v) is 5.81. The molecule has 39 heavy (non-hydrogen) atoms. The van der Waals surface area contributed by atoms with Gasteiger partial charge in [0.05, 0.1) is 10.8 Å². The van der Waals surface area contributed by atoms with E-state index in [9.17, 15) is 18.0 Å². The number of hydrogen-bond acceptors (Lipinski definition) is 6. The second-order valence-corrected chi connectivity index (χ2v) is 12.9. The predicted octanol–water partition coefficient (Wildman–Crippen LogP) is 4.91. The molecule has 1 spiro atoms. The van der Waals surface area contributed by atoms with Crippen LogP contribution in [0.3, 0.4) is 0 Å². The summed E-state index contributed by atoms with van der Waals surface area (Å²) in [4.78, 5) is 27.3. The van der Waals surface area contributed by atoms with Gasteiger partial charge in [0.2, 0.25) is 10.0 Å². The zero-order chi connectivity index (χ0) is 28.6. The van der Waals surface area contributed by atoms with Crippen LogP contribution < -0.4 is 9.88 Å². The molecule has 1 saturated carbocycles. The summed E-state index contributed by atoms with van der Waals surface area (Å²) in [6.07, 6.45) is 4.47. The van der Waals surface area contributed by atoms with Crippen LogP contribution in [0.4, 0.5) is 0 Å². The zero-order valence-electron chi connectivity index (χ0n) is 23.3. The van der Waals surface area contributed by atoms with Crippen LogP contribution in [0, 0.1) is 5.92 Å². The van der Waals surface area contributed by atoms with E-state index in [-0.39, 0.29) is 22.7 Å². The Kier molecular flexibility index (Phi) is 7.96. The summed E-state index contributed by atoms with van der Waals surface area (Å²) in [7, 11) is -3.92. The lowest BCUT2D eigenvalue weighted by molar-refractivity contribution is -0.162. The van der Waals surface area contributed by atoms with Gasteiger partial charge in [-0.1, -0.05) is 12.1 Å². The van der Waals surface area contributed by atoms with Gasteiger partial charge in [0.15, 0.2) is 0 Å². The van der Waals surface area contributed by atoms with Gasteiger partial charge in [0.1, 0.15) is 17.0 Å². The molecule has 0 atom stereocenters. The third kappa shape index (κ3) is 6.36. The SMILES string of the molecule is CCN(CC)C(=O)c1ccc(C2=CC3(CCC(C(=O)OC(C)(C)C)CC3)Oc3ccc(S(N)(=O)=O)cc32)cc1. The Morgan fingerprint density at radius 1 is 1.05 bits per heavy atom. The molecule has 210 valence electrons. The first-order valence-corrected chi connectivity index (χ1v) is 15.0. The molecular weight excluding hydrogens is 516 g/mol. The van der Waals surface area contributed by atoms with E-state index < -0.39 is 21.2 Å². The van der Waals surface area contributed by atoms with Crippen LogP contribution in [-0.2, 0) is 19.6 Å². The Morgan fingerprint density at radius 3 is 2.21 bits per heavy atom. The van der Waals surface area contributed by atoms with E-state index in [1.165, 1.54) is 12.1 Å². The fourth-order valence-electron chi connectivity index (χ4n) is 5.27. The molecule has 0 saturated heterocycles. The lowest BCUT2D eigenvalue weighted by Gasteiger charge is -2.41. The topological polar surface area (TPSA) is 116 Å². The highest BCUT2D eigenvalue weighted by atomic mass is 32.2. The summed E-state index contributed by atoms with van der Waals surface area (Å²) >= 11 is 0. The van der Waals surface area contributed by atoms with Gasteiger partial charge in [0, 0.05) is 24.2 Å². The molecule has 2 aromatic carbocycles. The van der Waals surface area contributed by atoms with Gasteiger partial charge in [-0.25, -0.2) is 13.6 Å². The third-order valence-corrected chi connectivity index (χ3v) is 8.27. The maximum absolute atomic E-state index is 12.8. The van der Waals surface area contributed by atoms with E-state index in [1.807, 2.05) is 52.8 Å². The summed E-state index contributed by atoms with van der Waals surface area (Å²) in [5, 5.41) is 5.43. The average molecular weight is 555 g/mol. The lowest BCUT2D eigenvalue weighted by Crippen LogP contribution is -2.42. The van der Waals surface area contributed by atoms with Gasteiger partial charge >= 0.3 is 5.97 Å². The number of nitrogens with zero attached hydrogens (tertiary/aromatic N) is 1. The molecule has 2 aromatic rings. The summed E-state index contributed by atoms with van der Waals surface area (Å²) < 4.78 is 36.4. The quantitative estimate of drug-likeness (QED) is 0.507. The van der Waals surface area contributed by atoms with Gasteiger partial charge in [-0.15, -0.1) is 0 Å². The molecule has 1 aliphatic heterocycles. The Hall–Kier alpha value is -3.17. The number of esters is 1. The minimum absolute atomic E-state index is 0.00587. The van der Waals surface area contributed by atoms with Gasteiger partial charge in [-0.3, -0.25) is 9.59 Å². The summed E-state index contributed by atoms with van der Waals surface area (Å²) in [5.41, 5.74) is 1.64. The van der Waals surface area contributed by atoms with E-state index in [1.54, 1.807) is 23.1 Å². The number of primary sulfonamides is 1. The van der Waals surface area contributed by atoms with Crippen molar-refractivity contribution in [3.63, 3.8) is 0 Å². The van der Waals surface area contributed by atoms with Gasteiger partial charge in [-0.05, 0) is 108 Å². The second-order valence-electron chi connectivity index (χ2n) is 11.3. The first kappa shape index (κ1) is 28.8. The Bertz CT molecular complexity index is 1380. The van der Waals surface area contributed by atoms with Crippen LogP contribution in [-0.4, -0.2) is 49.5 Å².